The van der Waals surface area contributed by atoms with Crippen molar-refractivity contribution in [2.75, 3.05) is 0 Å². The Labute approximate surface area is 62.0 Å². The Kier molecular flexibility index (Phi) is 2.66. The van der Waals surface area contributed by atoms with Gasteiger partial charge in [-0.05, 0) is 0 Å². The van der Waals surface area contributed by atoms with Crippen LogP contribution in [0.3, 0.4) is 0 Å². The van der Waals surface area contributed by atoms with Crippen molar-refractivity contribution in [3.8, 4) is 0 Å². The van der Waals surface area contributed by atoms with E-state index >= 15 is 0 Å². The first-order valence-electron chi connectivity index (χ1n) is 2.97. The van der Waals surface area contributed by atoms with Crippen molar-refractivity contribution in [2.45, 2.75) is 13.3 Å². The first kappa shape index (κ1) is 6.39. The molecule has 1 aliphatic heterocycles. The van der Waals surface area contributed by atoms with Gasteiger partial charge in [0.05, 0.1) is 0 Å². The molecular weight excluding hydrogens is 288 g/mol. The van der Waals surface area contributed by atoms with Crippen LogP contribution >= 0.6 is 0 Å². The van der Waals surface area contributed by atoms with Crippen LogP contribution in [0.25, 0.3) is 0 Å². The van der Waals surface area contributed by atoms with E-state index in [-0.39, 0.29) is 0 Å². The van der Waals surface area contributed by atoms with Crippen molar-refractivity contribution in [1.29, 1.82) is 0 Å². The number of hydrogen-bond acceptors (Lipinski definition) is 0. The summed E-state index contributed by atoms with van der Waals surface area (Å²) in [7, 11) is 0. The minimum atomic E-state index is -0.472. The molecule has 0 amide bonds. The van der Waals surface area contributed by atoms with Crippen LogP contribution in [0.4, 0.5) is 0 Å². The monoisotopic (exact) mass is 298 g/mol. The quantitative estimate of drug-likeness (QED) is 0.641. The summed E-state index contributed by atoms with van der Waals surface area (Å²) in [5, 5.41) is 0. The summed E-state index contributed by atoms with van der Waals surface area (Å²) in [6.45, 7) is 2.25. The Morgan fingerprint density at radius 3 is 2.75 bits per heavy atom. The first-order chi connectivity index (χ1) is 3.93. The van der Waals surface area contributed by atoms with Crippen LogP contribution in [0.15, 0.2) is 21.9 Å². The molecule has 8 heavy (non-hydrogen) atoms. The fourth-order valence-corrected chi connectivity index (χ4v) is 4.39. The molecule has 0 unspecified atom stereocenters. The molecule has 0 atom stereocenters. The third-order valence-corrected chi connectivity index (χ3v) is 6.86. The zero-order valence-corrected chi connectivity index (χ0v) is 9.58. The van der Waals surface area contributed by atoms with Gasteiger partial charge in [0.2, 0.25) is 0 Å². The summed E-state index contributed by atoms with van der Waals surface area (Å²) in [5.74, 6) is 0. The van der Waals surface area contributed by atoms with E-state index in [1.54, 1.807) is 3.06 Å². The van der Waals surface area contributed by atoms with E-state index in [2.05, 4.69) is 28.8 Å². The third kappa shape index (κ3) is 1.65. The summed E-state index contributed by atoms with van der Waals surface area (Å²) in [5.41, 5.74) is 0. The standard InChI is InChI=1S/C7H9.Tl/c1-3-5-7-6-4-2;/h1,3,5,7H,4H2,2H3;. The topological polar surface area (TPSA) is 0 Å². The molecular formula is C7H9Tl. The first-order valence-corrected chi connectivity index (χ1v) is 7.81. The zero-order valence-electron chi connectivity index (χ0n) is 5.09. The Morgan fingerprint density at radius 1 is 1.50 bits per heavy atom. The van der Waals surface area contributed by atoms with Gasteiger partial charge in [0.1, 0.15) is 0 Å². The van der Waals surface area contributed by atoms with Crippen LogP contribution in [0.1, 0.15) is 13.3 Å². The van der Waals surface area contributed by atoms with E-state index in [4.69, 9.17) is 0 Å². The maximum atomic E-state index is 2.40. The molecule has 0 aromatic rings. The summed E-state index contributed by atoms with van der Waals surface area (Å²) in [6.07, 6.45) is 7.92. The van der Waals surface area contributed by atoms with Crippen molar-refractivity contribution in [2.24, 2.45) is 0 Å². The van der Waals surface area contributed by atoms with Crippen LogP contribution in [0.5, 0.6) is 0 Å². The average Bonchev–Trinajstić information content (AvgIpc) is 1.90. The van der Waals surface area contributed by atoms with Gasteiger partial charge in [-0.3, -0.25) is 0 Å². The second kappa shape index (κ2) is 3.33. The van der Waals surface area contributed by atoms with Gasteiger partial charge in [0.15, 0.2) is 0 Å². The molecule has 0 bridgehead atoms. The molecule has 0 radical (unpaired) electrons. The molecule has 0 nitrogen and oxygen atoms in total. The van der Waals surface area contributed by atoms with Gasteiger partial charge < -0.3 is 0 Å². The van der Waals surface area contributed by atoms with E-state index in [9.17, 15) is 0 Å². The third-order valence-electron chi connectivity index (χ3n) is 1.25. The Morgan fingerprint density at radius 2 is 2.38 bits per heavy atom. The van der Waals surface area contributed by atoms with Crippen LogP contribution < -0.4 is 0 Å². The average molecular weight is 298 g/mol. The van der Waals surface area contributed by atoms with Crippen molar-refractivity contribution in [3.05, 3.63) is 21.9 Å². The van der Waals surface area contributed by atoms with E-state index in [0.717, 1.165) is 0 Å². The van der Waals surface area contributed by atoms with Gasteiger partial charge in [-0.15, -0.1) is 0 Å². The van der Waals surface area contributed by atoms with Crippen LogP contribution in [0.2, 0.25) is 0 Å². The van der Waals surface area contributed by atoms with Gasteiger partial charge in [-0.2, -0.15) is 0 Å². The molecule has 0 aliphatic carbocycles. The van der Waals surface area contributed by atoms with Crippen LogP contribution in [0, 0.1) is 0 Å². The van der Waals surface area contributed by atoms with Gasteiger partial charge in [0.25, 0.3) is 0 Å². The zero-order chi connectivity index (χ0) is 5.82. The second-order valence-corrected chi connectivity index (χ2v) is 7.51. The number of allylic oxidation sites excluding steroid dienone is 3. The summed E-state index contributed by atoms with van der Waals surface area (Å²) >= 11 is -0.472. The summed E-state index contributed by atoms with van der Waals surface area (Å²) in [4.78, 5) is 0. The van der Waals surface area contributed by atoms with E-state index in [0.29, 0.717) is 0 Å². The van der Waals surface area contributed by atoms with E-state index in [1.165, 1.54) is 6.42 Å². The fourth-order valence-electron chi connectivity index (χ4n) is 0.714. The van der Waals surface area contributed by atoms with Gasteiger partial charge >= 0.3 is 62.0 Å². The molecule has 0 aromatic carbocycles. The van der Waals surface area contributed by atoms with Crippen molar-refractivity contribution in [3.63, 3.8) is 0 Å². The van der Waals surface area contributed by atoms with Gasteiger partial charge in [0, 0.05) is 0 Å². The molecule has 1 heteroatoms. The maximum absolute atomic E-state index is 2.40. The Hall–Kier alpha value is 0.272. The molecule has 1 rings (SSSR count). The normalized spacial score (nSPS) is 15.4. The molecule has 0 fully saturated rings. The van der Waals surface area contributed by atoms with Crippen LogP contribution in [-0.4, -0.2) is 26.8 Å². The predicted molar refractivity (Wildman–Crippen MR) is 39.3 cm³/mol. The SMILES string of the molecule is CC[C]1=[Tl][CH]=CC=C1. The minimum absolute atomic E-state index is 0.472. The molecule has 0 saturated carbocycles. The summed E-state index contributed by atoms with van der Waals surface area (Å²) in [6, 6.07) is 0. The molecule has 0 aromatic heterocycles. The summed E-state index contributed by atoms with van der Waals surface area (Å²) < 4.78 is 4.14. The molecule has 1 heterocycles. The van der Waals surface area contributed by atoms with Gasteiger partial charge in [-0.1, -0.05) is 0 Å². The molecule has 1 aliphatic rings. The van der Waals surface area contributed by atoms with E-state index in [1.807, 2.05) is 0 Å². The van der Waals surface area contributed by atoms with E-state index < -0.39 is 23.7 Å². The van der Waals surface area contributed by atoms with Crippen molar-refractivity contribution >= 4 is 26.8 Å². The number of hydrogen-bond donors (Lipinski definition) is 0. The Bertz CT molecular complexity index is 152. The molecule has 0 saturated heterocycles. The second-order valence-electron chi connectivity index (χ2n) is 1.84. The van der Waals surface area contributed by atoms with Crippen molar-refractivity contribution in [1.82, 2.24) is 0 Å². The molecule has 0 spiro atoms. The Balaban J connectivity index is 2.68. The fraction of sp³-hybridized carbons (Fsp3) is 0.286. The molecule has 40 valence electrons. The molecule has 0 N–H and O–H groups in total. The predicted octanol–water partition coefficient (Wildman–Crippen LogP) is 1.36. The number of rotatable bonds is 1. The van der Waals surface area contributed by atoms with Gasteiger partial charge in [-0.25, -0.2) is 0 Å². The van der Waals surface area contributed by atoms with Crippen molar-refractivity contribution < 1.29 is 0 Å². The van der Waals surface area contributed by atoms with Crippen LogP contribution in [-0.2, 0) is 0 Å².